The molecule has 0 saturated carbocycles. The lowest BCUT2D eigenvalue weighted by Crippen LogP contribution is -2.28. The van der Waals surface area contributed by atoms with Gasteiger partial charge in [0.1, 0.15) is 0 Å². The molecule has 0 spiro atoms. The molecular weight excluding hydrogens is 200 g/mol. The van der Waals surface area contributed by atoms with Crippen LogP contribution in [0.5, 0.6) is 0 Å². The van der Waals surface area contributed by atoms with Gasteiger partial charge in [0.2, 0.25) is 5.91 Å². The van der Waals surface area contributed by atoms with Gasteiger partial charge in [0.25, 0.3) is 0 Å². The van der Waals surface area contributed by atoms with Crippen LogP contribution in [0.25, 0.3) is 0 Å². The average molecular weight is 226 g/mol. The minimum Gasteiger partial charge on any atom is -0.356 e. The van der Waals surface area contributed by atoms with E-state index in [2.05, 4.69) is 24.1 Å². The number of carbonyl (C=O) groups excluding carboxylic acids is 1. The van der Waals surface area contributed by atoms with E-state index in [4.69, 9.17) is 0 Å². The largest absolute Gasteiger partial charge is 0.356 e. The van der Waals surface area contributed by atoms with E-state index in [0.717, 1.165) is 32.5 Å². The first kappa shape index (κ1) is 15.2. The summed E-state index contributed by atoms with van der Waals surface area (Å²) in [5.74, 6) is 0.154. The quantitative estimate of drug-likeness (QED) is 0.419. The van der Waals surface area contributed by atoms with E-state index >= 15 is 0 Å². The number of amides is 1. The van der Waals surface area contributed by atoms with Crippen molar-refractivity contribution in [1.82, 2.24) is 10.6 Å². The molecule has 0 aromatic heterocycles. The summed E-state index contributed by atoms with van der Waals surface area (Å²) < 4.78 is 0. The van der Waals surface area contributed by atoms with Crippen LogP contribution in [0, 0.1) is 0 Å². The number of unbranched alkanes of at least 4 members (excludes halogenated alkanes) is 3. The first-order valence-corrected chi connectivity index (χ1v) is 6.39. The zero-order chi connectivity index (χ0) is 12.1. The topological polar surface area (TPSA) is 41.1 Å². The molecule has 0 atom stereocenters. The highest BCUT2D eigenvalue weighted by Gasteiger charge is 1.98. The Morgan fingerprint density at radius 2 is 2.00 bits per heavy atom. The Bertz CT molecular complexity index is 181. The summed E-state index contributed by atoms with van der Waals surface area (Å²) in [5, 5.41) is 6.14. The second-order valence-corrected chi connectivity index (χ2v) is 3.99. The van der Waals surface area contributed by atoms with Crippen LogP contribution in [0.4, 0.5) is 0 Å². The molecule has 3 heteroatoms. The van der Waals surface area contributed by atoms with Gasteiger partial charge in [0.05, 0.1) is 0 Å². The van der Waals surface area contributed by atoms with Crippen LogP contribution in [-0.4, -0.2) is 25.5 Å². The molecule has 0 radical (unpaired) electrons. The lowest BCUT2D eigenvalue weighted by molar-refractivity contribution is -0.120. The molecule has 0 bridgehead atoms. The minimum absolute atomic E-state index is 0.154. The lowest BCUT2D eigenvalue weighted by atomic mass is 10.2. The summed E-state index contributed by atoms with van der Waals surface area (Å²) in [5.41, 5.74) is 0. The molecule has 94 valence electrons. The molecule has 0 rings (SSSR count). The Morgan fingerprint density at radius 3 is 2.69 bits per heavy atom. The van der Waals surface area contributed by atoms with Crippen molar-refractivity contribution in [2.24, 2.45) is 0 Å². The van der Waals surface area contributed by atoms with Crippen LogP contribution >= 0.6 is 0 Å². The van der Waals surface area contributed by atoms with Crippen LogP contribution < -0.4 is 10.6 Å². The molecular formula is C13H26N2O. The van der Waals surface area contributed by atoms with Gasteiger partial charge in [0, 0.05) is 19.5 Å². The number of hydrogen-bond acceptors (Lipinski definition) is 2. The summed E-state index contributed by atoms with van der Waals surface area (Å²) >= 11 is 0. The molecule has 0 aromatic carbocycles. The second kappa shape index (κ2) is 12.2. The Kier molecular flexibility index (Phi) is 11.6. The molecule has 3 nitrogen and oxygen atoms in total. The van der Waals surface area contributed by atoms with E-state index in [1.165, 1.54) is 19.3 Å². The van der Waals surface area contributed by atoms with E-state index in [-0.39, 0.29) is 5.91 Å². The van der Waals surface area contributed by atoms with Crippen LogP contribution in [-0.2, 0) is 4.79 Å². The van der Waals surface area contributed by atoms with Crippen LogP contribution in [0.3, 0.4) is 0 Å². The Morgan fingerprint density at radius 1 is 1.19 bits per heavy atom. The normalized spacial score (nSPS) is 10.1. The predicted molar refractivity (Wildman–Crippen MR) is 69.5 cm³/mol. The third-order valence-electron chi connectivity index (χ3n) is 2.36. The van der Waals surface area contributed by atoms with Gasteiger partial charge in [-0.25, -0.2) is 0 Å². The van der Waals surface area contributed by atoms with Gasteiger partial charge >= 0.3 is 0 Å². The van der Waals surface area contributed by atoms with Crippen molar-refractivity contribution in [1.29, 1.82) is 0 Å². The number of allylic oxidation sites excluding steroid dienone is 1. The molecule has 0 saturated heterocycles. The number of rotatable bonds is 11. The molecule has 0 heterocycles. The molecule has 2 N–H and O–H groups in total. The summed E-state index contributed by atoms with van der Waals surface area (Å²) in [4.78, 5) is 11.2. The first-order valence-electron chi connectivity index (χ1n) is 6.39. The Balaban J connectivity index is 3.08. The van der Waals surface area contributed by atoms with Gasteiger partial charge in [-0.3, -0.25) is 4.79 Å². The predicted octanol–water partition coefficient (Wildman–Crippen LogP) is 2.24. The van der Waals surface area contributed by atoms with Gasteiger partial charge in [-0.2, -0.15) is 0 Å². The number of hydrogen-bond donors (Lipinski definition) is 2. The maximum atomic E-state index is 11.2. The van der Waals surface area contributed by atoms with Crippen molar-refractivity contribution in [3.63, 3.8) is 0 Å². The molecule has 1 amide bonds. The Labute approximate surface area is 99.7 Å². The van der Waals surface area contributed by atoms with Crippen molar-refractivity contribution in [3.05, 3.63) is 12.7 Å². The highest BCUT2D eigenvalue weighted by Crippen LogP contribution is 1.98. The maximum Gasteiger partial charge on any atom is 0.221 e. The molecule has 0 fully saturated rings. The standard InChI is InChI=1S/C13H26N2O/c1-3-5-6-7-8-11-14-12-9-13(16)15-10-4-2/h3,14H,1,4-12H2,2H3,(H,15,16). The zero-order valence-corrected chi connectivity index (χ0v) is 10.6. The van der Waals surface area contributed by atoms with Gasteiger partial charge in [-0.05, 0) is 32.2 Å². The van der Waals surface area contributed by atoms with E-state index in [1.54, 1.807) is 0 Å². The summed E-state index contributed by atoms with van der Waals surface area (Å²) in [7, 11) is 0. The summed E-state index contributed by atoms with van der Waals surface area (Å²) in [6.45, 7) is 8.34. The van der Waals surface area contributed by atoms with Gasteiger partial charge in [0.15, 0.2) is 0 Å². The Hall–Kier alpha value is -0.830. The number of carbonyl (C=O) groups is 1. The fraction of sp³-hybridized carbons (Fsp3) is 0.769. The van der Waals surface area contributed by atoms with Crippen LogP contribution in [0.2, 0.25) is 0 Å². The second-order valence-electron chi connectivity index (χ2n) is 3.99. The van der Waals surface area contributed by atoms with E-state index in [0.29, 0.717) is 6.42 Å². The fourth-order valence-electron chi connectivity index (χ4n) is 1.40. The van der Waals surface area contributed by atoms with Crippen molar-refractivity contribution in [3.8, 4) is 0 Å². The summed E-state index contributed by atoms with van der Waals surface area (Å²) in [6, 6.07) is 0. The van der Waals surface area contributed by atoms with E-state index in [1.807, 2.05) is 6.08 Å². The highest BCUT2D eigenvalue weighted by molar-refractivity contribution is 5.75. The third kappa shape index (κ3) is 11.2. The highest BCUT2D eigenvalue weighted by atomic mass is 16.1. The smallest absolute Gasteiger partial charge is 0.221 e. The van der Waals surface area contributed by atoms with Crippen LogP contribution in [0.1, 0.15) is 45.4 Å². The SMILES string of the molecule is C=CCCCCCNCCC(=O)NCCC. The fourth-order valence-corrected chi connectivity index (χ4v) is 1.40. The van der Waals surface area contributed by atoms with Crippen molar-refractivity contribution in [2.45, 2.75) is 45.4 Å². The number of nitrogens with one attached hydrogen (secondary N) is 2. The van der Waals surface area contributed by atoms with Gasteiger partial charge in [-0.1, -0.05) is 19.4 Å². The van der Waals surface area contributed by atoms with Crippen molar-refractivity contribution < 1.29 is 4.79 Å². The molecule has 16 heavy (non-hydrogen) atoms. The maximum absolute atomic E-state index is 11.2. The van der Waals surface area contributed by atoms with E-state index < -0.39 is 0 Å². The molecule has 0 aliphatic carbocycles. The average Bonchev–Trinajstić information content (AvgIpc) is 2.30. The monoisotopic (exact) mass is 226 g/mol. The van der Waals surface area contributed by atoms with Crippen molar-refractivity contribution >= 4 is 5.91 Å². The third-order valence-corrected chi connectivity index (χ3v) is 2.36. The molecule has 0 aromatic rings. The van der Waals surface area contributed by atoms with Crippen molar-refractivity contribution in [2.75, 3.05) is 19.6 Å². The zero-order valence-electron chi connectivity index (χ0n) is 10.6. The molecule has 0 aliphatic rings. The molecule has 0 aliphatic heterocycles. The van der Waals surface area contributed by atoms with Gasteiger partial charge < -0.3 is 10.6 Å². The van der Waals surface area contributed by atoms with Crippen LogP contribution in [0.15, 0.2) is 12.7 Å². The van der Waals surface area contributed by atoms with Gasteiger partial charge in [-0.15, -0.1) is 6.58 Å². The lowest BCUT2D eigenvalue weighted by Gasteiger charge is -2.05. The van der Waals surface area contributed by atoms with E-state index in [9.17, 15) is 4.79 Å². The summed E-state index contributed by atoms with van der Waals surface area (Å²) in [6.07, 6.45) is 8.31. The minimum atomic E-state index is 0.154. The first-order chi connectivity index (χ1) is 7.81. The molecule has 0 unspecified atom stereocenters.